The van der Waals surface area contributed by atoms with Crippen LogP contribution in [0.5, 0.6) is 5.75 Å². The molecule has 1 aromatic heterocycles. The Balaban J connectivity index is 1.93. The number of hydrogen-bond acceptors (Lipinski definition) is 7. The molecule has 0 atom stereocenters. The van der Waals surface area contributed by atoms with Crippen molar-refractivity contribution in [1.82, 2.24) is 9.97 Å². The van der Waals surface area contributed by atoms with Gasteiger partial charge in [0.2, 0.25) is 0 Å². The summed E-state index contributed by atoms with van der Waals surface area (Å²) < 4.78 is 6.37. The van der Waals surface area contributed by atoms with Gasteiger partial charge < -0.3 is 15.9 Å². The Morgan fingerprint density at radius 2 is 1.97 bits per heavy atom. The van der Waals surface area contributed by atoms with Crippen molar-refractivity contribution in [3.8, 4) is 17.1 Å². The maximum absolute atomic E-state index is 7.71. The fourth-order valence-corrected chi connectivity index (χ4v) is 4.68. The van der Waals surface area contributed by atoms with Crippen molar-refractivity contribution in [3.63, 3.8) is 0 Å². The molecule has 7 heteroatoms. The van der Waals surface area contributed by atoms with Gasteiger partial charge in [0.05, 0.1) is 11.3 Å². The first-order valence-electron chi connectivity index (χ1n) is 12.9. The van der Waals surface area contributed by atoms with Crippen molar-refractivity contribution in [2.45, 2.75) is 60.4 Å². The second kappa shape index (κ2) is 14.1. The second-order valence-corrected chi connectivity index (χ2v) is 10.9. The molecule has 1 aliphatic rings. The third-order valence-corrected chi connectivity index (χ3v) is 7.40. The van der Waals surface area contributed by atoms with Gasteiger partial charge in [0.15, 0.2) is 5.82 Å². The highest BCUT2D eigenvalue weighted by Crippen LogP contribution is 2.31. The van der Waals surface area contributed by atoms with Crippen molar-refractivity contribution in [2.75, 3.05) is 12.3 Å². The highest BCUT2D eigenvalue weighted by atomic mass is 32.2. The van der Waals surface area contributed by atoms with E-state index in [4.69, 9.17) is 20.9 Å². The number of aromatic nitrogens is 2. The minimum absolute atomic E-state index is 0.389. The molecule has 0 saturated heterocycles. The number of nitrogens with one attached hydrogen (secondary N) is 1. The van der Waals surface area contributed by atoms with Gasteiger partial charge in [-0.1, -0.05) is 31.6 Å². The van der Waals surface area contributed by atoms with Gasteiger partial charge >= 0.3 is 0 Å². The molecule has 37 heavy (non-hydrogen) atoms. The first-order chi connectivity index (χ1) is 17.8. The monoisotopic (exact) mass is 517 g/mol. The van der Waals surface area contributed by atoms with E-state index in [1.54, 1.807) is 12.4 Å². The normalized spacial score (nSPS) is 18.7. The lowest BCUT2D eigenvalue weighted by Gasteiger charge is -2.16. The van der Waals surface area contributed by atoms with Crippen LogP contribution < -0.4 is 10.5 Å². The van der Waals surface area contributed by atoms with E-state index in [0.717, 1.165) is 59.7 Å². The first-order valence-corrected chi connectivity index (χ1v) is 13.8. The van der Waals surface area contributed by atoms with E-state index < -0.39 is 0 Å². The standard InChI is InChI=1S/C30H39N5OS/c1-20(2)10-12-33-28(26-8-6-21(3)23(5)37-13-11-26)14-22(4)36-29-15-24(16-31)7-9-27(29)30-34-18-25(17-32)19-35-30/h7,9,11,14-16,18-20,31H,6,8,10,12-13,17,32H2,1-5H3/b22-14+,23-21-,26-11+,31-16?,33-28?. The predicted molar refractivity (Wildman–Crippen MR) is 158 cm³/mol. The van der Waals surface area contributed by atoms with Crippen LogP contribution in [0.25, 0.3) is 11.4 Å². The van der Waals surface area contributed by atoms with Gasteiger partial charge in [-0.3, -0.25) is 4.99 Å². The first kappa shape index (κ1) is 28.5. The molecule has 0 unspecified atom stereocenters. The van der Waals surface area contributed by atoms with E-state index in [-0.39, 0.29) is 0 Å². The fraction of sp³-hybridized carbons (Fsp3) is 0.400. The molecule has 0 aliphatic carbocycles. The molecule has 0 saturated carbocycles. The lowest BCUT2D eigenvalue weighted by Crippen LogP contribution is -2.08. The third-order valence-electron chi connectivity index (χ3n) is 6.28. The van der Waals surface area contributed by atoms with E-state index >= 15 is 0 Å². The van der Waals surface area contributed by atoms with Crippen LogP contribution in [0.15, 0.2) is 69.5 Å². The average Bonchev–Trinajstić information content (AvgIpc) is 2.88. The minimum Gasteiger partial charge on any atom is -0.461 e. The molecule has 0 radical (unpaired) electrons. The van der Waals surface area contributed by atoms with Crippen LogP contribution in [-0.4, -0.2) is 34.2 Å². The summed E-state index contributed by atoms with van der Waals surface area (Å²) in [6.45, 7) is 12.0. The number of rotatable bonds is 10. The smallest absolute Gasteiger partial charge is 0.162 e. The molecule has 1 aromatic carbocycles. The van der Waals surface area contributed by atoms with Crippen LogP contribution in [0.4, 0.5) is 0 Å². The molecule has 2 aromatic rings. The number of benzene rings is 1. The van der Waals surface area contributed by atoms with E-state index in [2.05, 4.69) is 43.7 Å². The summed E-state index contributed by atoms with van der Waals surface area (Å²) in [5.74, 6) is 3.42. The van der Waals surface area contributed by atoms with Crippen LogP contribution in [0.3, 0.4) is 0 Å². The number of thioether (sulfide) groups is 1. The summed E-state index contributed by atoms with van der Waals surface area (Å²) in [5.41, 5.74) is 11.8. The van der Waals surface area contributed by atoms with Crippen molar-refractivity contribution in [1.29, 1.82) is 5.41 Å². The molecule has 1 aliphatic heterocycles. The summed E-state index contributed by atoms with van der Waals surface area (Å²) in [4.78, 5) is 15.4. The third kappa shape index (κ3) is 8.51. The Hall–Kier alpha value is -3.03. The number of allylic oxidation sites excluding steroid dienone is 5. The molecule has 3 rings (SSSR count). The Labute approximate surface area is 225 Å². The molecule has 0 spiro atoms. The zero-order valence-corrected chi connectivity index (χ0v) is 23.5. The van der Waals surface area contributed by atoms with Crippen molar-refractivity contribution >= 4 is 23.7 Å². The van der Waals surface area contributed by atoms with Crippen molar-refractivity contribution < 1.29 is 4.74 Å². The van der Waals surface area contributed by atoms with Gasteiger partial charge in [-0.2, -0.15) is 0 Å². The zero-order chi connectivity index (χ0) is 26.8. The number of nitrogens with zero attached hydrogens (tertiary/aromatic N) is 3. The minimum atomic E-state index is 0.389. The molecule has 6 nitrogen and oxygen atoms in total. The average molecular weight is 518 g/mol. The Morgan fingerprint density at radius 3 is 2.65 bits per heavy atom. The Morgan fingerprint density at radius 1 is 1.22 bits per heavy atom. The number of ether oxygens (including phenoxy) is 1. The highest BCUT2D eigenvalue weighted by molar-refractivity contribution is 8.03. The summed E-state index contributed by atoms with van der Waals surface area (Å²) in [6, 6.07) is 5.60. The van der Waals surface area contributed by atoms with Crippen LogP contribution in [0.2, 0.25) is 0 Å². The molecule has 0 bridgehead atoms. The number of nitrogens with two attached hydrogens (primary N) is 1. The van der Waals surface area contributed by atoms with Gasteiger partial charge in [0.25, 0.3) is 0 Å². The lowest BCUT2D eigenvalue weighted by molar-refractivity contribution is 0.430. The van der Waals surface area contributed by atoms with Crippen LogP contribution in [-0.2, 0) is 6.54 Å². The molecule has 3 N–H and O–H groups in total. The topological polar surface area (TPSA) is 97.2 Å². The molecule has 0 fully saturated rings. The quantitative estimate of drug-likeness (QED) is 0.258. The van der Waals surface area contributed by atoms with Crippen LogP contribution in [0, 0.1) is 11.3 Å². The van der Waals surface area contributed by atoms with Crippen LogP contribution in [0.1, 0.15) is 65.0 Å². The lowest BCUT2D eigenvalue weighted by atomic mass is 10.00. The second-order valence-electron chi connectivity index (χ2n) is 9.70. The molecule has 196 valence electrons. The van der Waals surface area contributed by atoms with Gasteiger partial charge in [0.1, 0.15) is 11.5 Å². The summed E-state index contributed by atoms with van der Waals surface area (Å²) >= 11 is 1.89. The molecule has 2 heterocycles. The maximum Gasteiger partial charge on any atom is 0.162 e. The van der Waals surface area contributed by atoms with Crippen LogP contribution >= 0.6 is 11.8 Å². The maximum atomic E-state index is 7.71. The van der Waals surface area contributed by atoms with E-state index in [9.17, 15) is 0 Å². The number of hydrogen-bond donors (Lipinski definition) is 2. The molecular formula is C30H39N5OS. The largest absolute Gasteiger partial charge is 0.461 e. The van der Waals surface area contributed by atoms with Gasteiger partial charge in [0, 0.05) is 49.1 Å². The van der Waals surface area contributed by atoms with Gasteiger partial charge in [-0.25, -0.2) is 9.97 Å². The highest BCUT2D eigenvalue weighted by Gasteiger charge is 2.14. The van der Waals surface area contributed by atoms with Crippen molar-refractivity contribution in [2.24, 2.45) is 16.6 Å². The SMILES string of the molecule is C/C1=C(\C)SC/C=C(/C(/C=C(\C)Oc2cc(C=N)ccc2-c2ncc(CN)cn2)=NCCC(C)C)CC1. The molecular weight excluding hydrogens is 478 g/mol. The van der Waals surface area contributed by atoms with Crippen molar-refractivity contribution in [3.05, 3.63) is 75.7 Å². The zero-order valence-electron chi connectivity index (χ0n) is 22.7. The number of aliphatic imine (C=N–C) groups is 1. The summed E-state index contributed by atoms with van der Waals surface area (Å²) in [5, 5.41) is 7.71. The summed E-state index contributed by atoms with van der Waals surface area (Å²) in [7, 11) is 0. The fourth-order valence-electron chi connectivity index (χ4n) is 3.80. The Kier molecular flexibility index (Phi) is 10.8. The van der Waals surface area contributed by atoms with Gasteiger partial charge in [-0.05, 0) is 74.1 Å². The van der Waals surface area contributed by atoms with E-state index in [1.165, 1.54) is 22.3 Å². The summed E-state index contributed by atoms with van der Waals surface area (Å²) in [6.07, 6.45) is 12.2. The van der Waals surface area contributed by atoms with Gasteiger partial charge in [-0.15, -0.1) is 11.8 Å². The van der Waals surface area contributed by atoms with E-state index in [0.29, 0.717) is 24.0 Å². The Bertz CT molecular complexity index is 1210. The predicted octanol–water partition coefficient (Wildman–Crippen LogP) is 7.12. The molecule has 0 amide bonds. The van der Waals surface area contributed by atoms with E-state index in [1.807, 2.05) is 43.0 Å².